The predicted molar refractivity (Wildman–Crippen MR) is 149 cm³/mol. The number of carbonyl (C=O) groups excluding carboxylic acids is 5. The molecule has 0 spiro atoms. The van der Waals surface area contributed by atoms with Gasteiger partial charge in [-0.15, -0.1) is 0 Å². The van der Waals surface area contributed by atoms with Gasteiger partial charge < -0.3 is 30.5 Å². The number of esters is 1. The number of fused-ring (bicyclic) bond motifs is 3. The summed E-state index contributed by atoms with van der Waals surface area (Å²) in [4.78, 5) is 68.6. The topological polar surface area (TPSA) is 137 Å². The highest BCUT2D eigenvalue weighted by atomic mass is 16.6. The molecule has 7 atom stereocenters. The third-order valence-electron chi connectivity index (χ3n) is 9.27. The average Bonchev–Trinajstić information content (AvgIpc) is 3.45. The Morgan fingerprint density at radius 2 is 1.85 bits per heavy atom. The largest absolute Gasteiger partial charge is 0.460 e. The number of amides is 4. The summed E-state index contributed by atoms with van der Waals surface area (Å²) in [6, 6.07) is 4.80. The molecule has 0 aromatic heterocycles. The second-order valence-corrected chi connectivity index (χ2v) is 11.8. The lowest BCUT2D eigenvalue weighted by Gasteiger charge is -2.35. The summed E-state index contributed by atoms with van der Waals surface area (Å²) in [5.74, 6) is -1.28. The molecule has 41 heavy (non-hydrogen) atoms. The molecular weight excluding hydrogens is 526 g/mol. The lowest BCUT2D eigenvalue weighted by molar-refractivity contribution is -0.144. The number of carbonyl (C=O) groups is 5. The first-order chi connectivity index (χ1) is 19.7. The standard InChI is InChI=1S/C30H41N5O6/c1-17-24-13-14-34(25(17)30(40)41-24)28(38)20-8-6-7-19(15-20)16-32-27(37)23-12-11-21-9-4-5-10-22(29(39)35(21)23)33-26(36)18(2)31-3/h6-8,15,17-18,21-25,31H,4-5,9-14,16H2,1-3H3,(H,32,37)(H,33,36). The van der Waals surface area contributed by atoms with Gasteiger partial charge in [-0.1, -0.05) is 31.9 Å². The third-order valence-corrected chi connectivity index (χ3v) is 9.27. The van der Waals surface area contributed by atoms with Crippen LogP contribution in [-0.2, 0) is 30.5 Å². The van der Waals surface area contributed by atoms with Gasteiger partial charge in [0.1, 0.15) is 24.2 Å². The molecule has 1 aromatic rings. The van der Waals surface area contributed by atoms with Crippen molar-refractivity contribution in [2.45, 2.75) is 102 Å². The van der Waals surface area contributed by atoms with Crippen molar-refractivity contribution in [2.75, 3.05) is 13.6 Å². The number of ether oxygens (including phenoxy) is 1. The Kier molecular flexibility index (Phi) is 8.63. The second-order valence-electron chi connectivity index (χ2n) is 11.8. The highest BCUT2D eigenvalue weighted by molar-refractivity contribution is 5.98. The van der Waals surface area contributed by atoms with Crippen LogP contribution in [-0.4, -0.2) is 89.3 Å². The quantitative estimate of drug-likeness (QED) is 0.420. The van der Waals surface area contributed by atoms with Crippen molar-refractivity contribution in [3.8, 4) is 0 Å². The smallest absolute Gasteiger partial charge is 0.329 e. The molecule has 4 fully saturated rings. The van der Waals surface area contributed by atoms with E-state index in [0.717, 1.165) is 31.2 Å². The Balaban J connectivity index is 1.23. The minimum absolute atomic E-state index is 0.0190. The predicted octanol–water partition coefficient (Wildman–Crippen LogP) is 1.11. The summed E-state index contributed by atoms with van der Waals surface area (Å²) in [5.41, 5.74) is 1.21. The van der Waals surface area contributed by atoms with Gasteiger partial charge in [0.2, 0.25) is 17.7 Å². The van der Waals surface area contributed by atoms with Gasteiger partial charge in [0, 0.05) is 37.0 Å². The first-order valence-electron chi connectivity index (χ1n) is 14.9. The summed E-state index contributed by atoms with van der Waals surface area (Å²) >= 11 is 0. The summed E-state index contributed by atoms with van der Waals surface area (Å²) in [7, 11) is 1.69. The fourth-order valence-electron chi connectivity index (χ4n) is 6.75. The molecule has 7 unspecified atom stereocenters. The molecule has 0 radical (unpaired) electrons. The zero-order chi connectivity index (χ0) is 29.3. The molecule has 11 nitrogen and oxygen atoms in total. The van der Waals surface area contributed by atoms with Crippen molar-refractivity contribution in [1.29, 1.82) is 0 Å². The normalized spacial score (nSPS) is 30.1. The molecule has 2 bridgehead atoms. The Labute approximate surface area is 240 Å². The molecule has 11 heteroatoms. The molecule has 4 aliphatic heterocycles. The SMILES string of the molecule is CNC(C)C(=O)NC1CCCCC2CCC(C(=O)NCc3cccc(C(=O)N4CCC5OC(=O)C4C5C)c3)N2C1=O. The molecule has 5 rings (SSSR count). The fraction of sp³-hybridized carbons (Fsp3) is 0.633. The number of hydrogen-bond donors (Lipinski definition) is 3. The monoisotopic (exact) mass is 567 g/mol. The third kappa shape index (κ3) is 5.82. The molecular formula is C30H41N5O6. The van der Waals surface area contributed by atoms with Crippen LogP contribution in [0.4, 0.5) is 0 Å². The van der Waals surface area contributed by atoms with Gasteiger partial charge in [0.15, 0.2) is 0 Å². The number of piperidine rings is 1. The van der Waals surface area contributed by atoms with E-state index in [1.807, 2.05) is 13.0 Å². The number of likely N-dealkylation sites (N-methyl/N-ethyl adjacent to an activating group) is 1. The van der Waals surface area contributed by atoms with E-state index in [-0.39, 0.29) is 54.2 Å². The molecule has 0 saturated carbocycles. The zero-order valence-electron chi connectivity index (χ0n) is 24.1. The lowest BCUT2D eigenvalue weighted by Crippen LogP contribution is -2.57. The number of nitrogens with one attached hydrogen (secondary N) is 3. The number of benzene rings is 1. The molecule has 4 aliphatic rings. The van der Waals surface area contributed by atoms with Crippen LogP contribution in [0.25, 0.3) is 0 Å². The maximum absolute atomic E-state index is 13.6. The van der Waals surface area contributed by atoms with Crippen molar-refractivity contribution in [3.63, 3.8) is 0 Å². The number of rotatable bonds is 7. The van der Waals surface area contributed by atoms with Crippen LogP contribution >= 0.6 is 0 Å². The van der Waals surface area contributed by atoms with Gasteiger partial charge in [-0.05, 0) is 57.4 Å². The van der Waals surface area contributed by atoms with E-state index in [1.54, 1.807) is 42.0 Å². The van der Waals surface area contributed by atoms with Crippen molar-refractivity contribution < 1.29 is 28.7 Å². The van der Waals surface area contributed by atoms with Gasteiger partial charge in [0.05, 0.1) is 6.04 Å². The summed E-state index contributed by atoms with van der Waals surface area (Å²) < 4.78 is 5.42. The van der Waals surface area contributed by atoms with Crippen LogP contribution in [0.1, 0.15) is 74.7 Å². The molecule has 1 aromatic carbocycles. The van der Waals surface area contributed by atoms with Crippen LogP contribution < -0.4 is 16.0 Å². The van der Waals surface area contributed by atoms with Crippen molar-refractivity contribution in [2.24, 2.45) is 5.92 Å². The minimum atomic E-state index is -0.651. The van der Waals surface area contributed by atoms with E-state index in [1.165, 1.54) is 0 Å². The highest BCUT2D eigenvalue weighted by Crippen LogP contribution is 2.35. The van der Waals surface area contributed by atoms with Gasteiger partial charge in [-0.3, -0.25) is 19.2 Å². The van der Waals surface area contributed by atoms with E-state index in [9.17, 15) is 24.0 Å². The fourth-order valence-corrected chi connectivity index (χ4v) is 6.75. The van der Waals surface area contributed by atoms with E-state index >= 15 is 0 Å². The number of likely N-dealkylation sites (tertiary alicyclic amines) is 1. The zero-order valence-corrected chi connectivity index (χ0v) is 24.1. The highest BCUT2D eigenvalue weighted by Gasteiger charge is 2.50. The Bertz CT molecular complexity index is 1210. The molecule has 4 amide bonds. The van der Waals surface area contributed by atoms with Gasteiger partial charge >= 0.3 is 5.97 Å². The van der Waals surface area contributed by atoms with Crippen LogP contribution in [0.15, 0.2) is 24.3 Å². The number of hydrogen-bond acceptors (Lipinski definition) is 7. The van der Waals surface area contributed by atoms with Crippen LogP contribution in [0.3, 0.4) is 0 Å². The average molecular weight is 568 g/mol. The van der Waals surface area contributed by atoms with Crippen LogP contribution in [0.5, 0.6) is 0 Å². The molecule has 4 saturated heterocycles. The van der Waals surface area contributed by atoms with Gasteiger partial charge in [-0.2, -0.15) is 0 Å². The Morgan fingerprint density at radius 1 is 1.07 bits per heavy atom. The molecule has 222 valence electrons. The second kappa shape index (κ2) is 12.2. The number of nitrogens with zero attached hydrogens (tertiary/aromatic N) is 2. The van der Waals surface area contributed by atoms with Crippen molar-refractivity contribution in [1.82, 2.24) is 25.8 Å². The Morgan fingerprint density at radius 3 is 2.63 bits per heavy atom. The van der Waals surface area contributed by atoms with Crippen molar-refractivity contribution >= 4 is 29.6 Å². The summed E-state index contributed by atoms with van der Waals surface area (Å²) in [5, 5.41) is 8.76. The maximum Gasteiger partial charge on any atom is 0.329 e. The summed E-state index contributed by atoms with van der Waals surface area (Å²) in [6.45, 7) is 4.35. The lowest BCUT2D eigenvalue weighted by atomic mass is 9.90. The first kappa shape index (κ1) is 29.0. The van der Waals surface area contributed by atoms with Crippen LogP contribution in [0, 0.1) is 5.92 Å². The molecule has 3 N–H and O–H groups in total. The van der Waals surface area contributed by atoms with Crippen molar-refractivity contribution in [3.05, 3.63) is 35.4 Å². The van der Waals surface area contributed by atoms with Crippen LogP contribution in [0.2, 0.25) is 0 Å². The van der Waals surface area contributed by atoms with E-state index in [4.69, 9.17) is 4.74 Å². The van der Waals surface area contributed by atoms with E-state index in [0.29, 0.717) is 31.4 Å². The van der Waals surface area contributed by atoms with Gasteiger partial charge in [0.25, 0.3) is 5.91 Å². The maximum atomic E-state index is 13.6. The van der Waals surface area contributed by atoms with E-state index < -0.39 is 24.2 Å². The minimum Gasteiger partial charge on any atom is -0.460 e. The van der Waals surface area contributed by atoms with E-state index in [2.05, 4.69) is 16.0 Å². The van der Waals surface area contributed by atoms with Gasteiger partial charge in [-0.25, -0.2) is 4.79 Å². The summed E-state index contributed by atoms with van der Waals surface area (Å²) in [6.07, 6.45) is 5.00. The Hall–Kier alpha value is -3.47. The molecule has 0 aliphatic carbocycles. The first-order valence-corrected chi connectivity index (χ1v) is 14.9. The molecule has 4 heterocycles.